The Kier molecular flexibility index (Phi) is 5.51. The van der Waals surface area contributed by atoms with E-state index in [-0.39, 0.29) is 30.5 Å². The highest BCUT2D eigenvalue weighted by Crippen LogP contribution is 2.34. The maximum absolute atomic E-state index is 12.9. The van der Waals surface area contributed by atoms with Crippen molar-refractivity contribution < 1.29 is 22.4 Å². The summed E-state index contributed by atoms with van der Waals surface area (Å²) in [7, 11) is -3.84. The number of ether oxygens (including phenoxy) is 1. The number of anilines is 1. The lowest BCUT2D eigenvalue weighted by Crippen LogP contribution is -2.48. The van der Waals surface area contributed by atoms with E-state index in [4.69, 9.17) is 9.15 Å². The van der Waals surface area contributed by atoms with Crippen LogP contribution in [0.25, 0.3) is 10.2 Å². The molecule has 4 rings (SSSR count). The number of aromatic nitrogens is 2. The van der Waals surface area contributed by atoms with Crippen molar-refractivity contribution >= 4 is 43.4 Å². The fraction of sp³-hybridized carbons (Fsp3) is 0.421. The zero-order valence-corrected chi connectivity index (χ0v) is 18.5. The first kappa shape index (κ1) is 20.8. The molecule has 0 aliphatic carbocycles. The normalized spacial score (nSPS) is 15.6. The molecule has 9 nitrogen and oxygen atoms in total. The SMILES string of the molecule is CCOC(=O)c1ccc(S(=O)(=O)N2CCN(c3ncnc4sc(C)c(C)c34)CC2)o1. The number of nitrogens with zero attached hydrogens (tertiary/aromatic N) is 4. The van der Waals surface area contributed by atoms with E-state index in [1.807, 2.05) is 0 Å². The van der Waals surface area contributed by atoms with Crippen LogP contribution in [0.15, 0.2) is 28.0 Å². The third-order valence-electron chi connectivity index (χ3n) is 5.14. The number of fused-ring (bicyclic) bond motifs is 1. The zero-order valence-electron chi connectivity index (χ0n) is 16.9. The van der Waals surface area contributed by atoms with Gasteiger partial charge in [-0.1, -0.05) is 0 Å². The molecular formula is C19H22N4O5S2. The van der Waals surface area contributed by atoms with Crippen molar-refractivity contribution in [2.45, 2.75) is 25.9 Å². The van der Waals surface area contributed by atoms with Crippen molar-refractivity contribution in [2.24, 2.45) is 0 Å². The van der Waals surface area contributed by atoms with Crippen LogP contribution in [0.4, 0.5) is 5.82 Å². The van der Waals surface area contributed by atoms with Crippen molar-refractivity contribution in [3.8, 4) is 0 Å². The summed E-state index contributed by atoms with van der Waals surface area (Å²) in [5.74, 6) is 0.0280. The maximum Gasteiger partial charge on any atom is 0.374 e. The van der Waals surface area contributed by atoms with Crippen LogP contribution in [0.1, 0.15) is 27.9 Å². The van der Waals surface area contributed by atoms with E-state index in [0.29, 0.717) is 13.1 Å². The molecule has 1 fully saturated rings. The minimum atomic E-state index is -3.84. The molecule has 0 aromatic carbocycles. The van der Waals surface area contributed by atoms with Gasteiger partial charge in [-0.15, -0.1) is 11.3 Å². The van der Waals surface area contributed by atoms with Crippen molar-refractivity contribution in [1.29, 1.82) is 0 Å². The summed E-state index contributed by atoms with van der Waals surface area (Å²) in [6, 6.07) is 2.61. The predicted octanol–water partition coefficient (Wildman–Crippen LogP) is 2.59. The molecule has 3 aromatic rings. The second-order valence-corrected chi connectivity index (χ2v) is 9.96. The molecule has 1 saturated heterocycles. The fourth-order valence-electron chi connectivity index (χ4n) is 3.44. The lowest BCUT2D eigenvalue weighted by atomic mass is 10.2. The van der Waals surface area contributed by atoms with Crippen molar-refractivity contribution in [2.75, 3.05) is 37.7 Å². The smallest absolute Gasteiger partial charge is 0.374 e. The minimum absolute atomic E-state index is 0.124. The van der Waals surface area contributed by atoms with Crippen LogP contribution in [0.5, 0.6) is 0 Å². The van der Waals surface area contributed by atoms with E-state index in [1.165, 1.54) is 21.3 Å². The third-order valence-corrected chi connectivity index (χ3v) is 8.02. The Bertz CT molecular complexity index is 1190. The number of carbonyl (C=O) groups is 1. The number of hydrogen-bond acceptors (Lipinski definition) is 9. The number of carbonyl (C=O) groups excluding carboxylic acids is 1. The van der Waals surface area contributed by atoms with Gasteiger partial charge >= 0.3 is 5.97 Å². The van der Waals surface area contributed by atoms with Gasteiger partial charge in [0.1, 0.15) is 17.0 Å². The Balaban J connectivity index is 1.52. The summed E-state index contributed by atoms with van der Waals surface area (Å²) >= 11 is 1.63. The molecule has 160 valence electrons. The highest BCUT2D eigenvalue weighted by atomic mass is 32.2. The molecular weight excluding hydrogens is 428 g/mol. The highest BCUT2D eigenvalue weighted by molar-refractivity contribution is 7.89. The Morgan fingerprint density at radius 2 is 1.93 bits per heavy atom. The Morgan fingerprint density at radius 1 is 1.20 bits per heavy atom. The van der Waals surface area contributed by atoms with Gasteiger partial charge in [-0.3, -0.25) is 0 Å². The summed E-state index contributed by atoms with van der Waals surface area (Å²) < 4.78 is 37.3. The van der Waals surface area contributed by atoms with Gasteiger partial charge in [0.05, 0.1) is 12.0 Å². The molecule has 0 saturated carbocycles. The van der Waals surface area contributed by atoms with Crippen LogP contribution in [-0.4, -0.2) is 61.4 Å². The van der Waals surface area contributed by atoms with E-state index >= 15 is 0 Å². The number of rotatable bonds is 5. The summed E-state index contributed by atoms with van der Waals surface area (Å²) in [5.41, 5.74) is 1.16. The molecule has 0 unspecified atom stereocenters. The maximum atomic E-state index is 12.9. The summed E-state index contributed by atoms with van der Waals surface area (Å²) in [5, 5.41) is 0.772. The van der Waals surface area contributed by atoms with Crippen LogP contribution >= 0.6 is 11.3 Å². The minimum Gasteiger partial charge on any atom is -0.460 e. The van der Waals surface area contributed by atoms with Gasteiger partial charge < -0.3 is 14.1 Å². The second kappa shape index (κ2) is 7.97. The van der Waals surface area contributed by atoms with E-state index in [1.54, 1.807) is 24.6 Å². The third kappa shape index (κ3) is 3.57. The molecule has 30 heavy (non-hydrogen) atoms. The van der Waals surface area contributed by atoms with Gasteiger partial charge in [-0.2, -0.15) is 4.31 Å². The molecule has 3 aromatic heterocycles. The van der Waals surface area contributed by atoms with Gasteiger partial charge in [0, 0.05) is 31.1 Å². The quantitative estimate of drug-likeness (QED) is 0.546. The highest BCUT2D eigenvalue weighted by Gasteiger charge is 2.32. The van der Waals surface area contributed by atoms with Crippen LogP contribution in [-0.2, 0) is 14.8 Å². The molecule has 4 heterocycles. The molecule has 0 radical (unpaired) electrons. The monoisotopic (exact) mass is 450 g/mol. The van der Waals surface area contributed by atoms with Crippen molar-refractivity contribution in [1.82, 2.24) is 14.3 Å². The number of aryl methyl sites for hydroxylation is 2. The van der Waals surface area contributed by atoms with Gasteiger partial charge in [-0.05, 0) is 38.5 Å². The summed E-state index contributed by atoms with van der Waals surface area (Å²) in [4.78, 5) is 24.8. The van der Waals surface area contributed by atoms with Gasteiger partial charge in [0.25, 0.3) is 10.0 Å². The lowest BCUT2D eigenvalue weighted by Gasteiger charge is -2.34. The molecule has 0 bridgehead atoms. The van der Waals surface area contributed by atoms with Crippen LogP contribution in [0.2, 0.25) is 0 Å². The molecule has 0 spiro atoms. The first-order valence-electron chi connectivity index (χ1n) is 9.55. The Morgan fingerprint density at radius 3 is 2.63 bits per heavy atom. The second-order valence-electron chi connectivity index (χ2n) is 6.89. The topological polar surface area (TPSA) is 106 Å². The average molecular weight is 451 g/mol. The van der Waals surface area contributed by atoms with Crippen LogP contribution < -0.4 is 4.90 Å². The molecule has 0 amide bonds. The number of sulfonamides is 1. The molecule has 0 N–H and O–H groups in total. The van der Waals surface area contributed by atoms with Crippen LogP contribution in [0, 0.1) is 13.8 Å². The molecule has 11 heteroatoms. The lowest BCUT2D eigenvalue weighted by molar-refractivity contribution is 0.0483. The fourth-order valence-corrected chi connectivity index (χ4v) is 5.77. The Hall–Kier alpha value is -2.50. The predicted molar refractivity (Wildman–Crippen MR) is 113 cm³/mol. The van der Waals surface area contributed by atoms with E-state index in [0.717, 1.165) is 21.6 Å². The number of esters is 1. The molecule has 1 aliphatic rings. The number of hydrogen-bond donors (Lipinski definition) is 0. The van der Waals surface area contributed by atoms with Crippen molar-refractivity contribution in [3.05, 3.63) is 34.7 Å². The van der Waals surface area contributed by atoms with E-state index < -0.39 is 16.0 Å². The number of thiophene rings is 1. The number of piperazine rings is 1. The van der Waals surface area contributed by atoms with Gasteiger partial charge in [-0.25, -0.2) is 23.2 Å². The van der Waals surface area contributed by atoms with E-state index in [2.05, 4.69) is 28.7 Å². The summed E-state index contributed by atoms with van der Waals surface area (Å²) in [6.45, 7) is 7.52. The van der Waals surface area contributed by atoms with Crippen molar-refractivity contribution in [3.63, 3.8) is 0 Å². The van der Waals surface area contributed by atoms with Gasteiger partial charge in [0.15, 0.2) is 0 Å². The Labute approximate surface area is 178 Å². The largest absolute Gasteiger partial charge is 0.460 e. The average Bonchev–Trinajstić information content (AvgIpc) is 3.34. The standard InChI is InChI=1S/C19H22N4O5S2/c1-4-27-19(24)14-5-6-15(28-14)30(25,26)23-9-7-22(8-10-23)17-16-12(2)13(3)29-18(16)21-11-20-17/h5-6,11H,4,7-10H2,1-3H3. The van der Waals surface area contributed by atoms with Crippen LogP contribution in [0.3, 0.4) is 0 Å². The number of furan rings is 1. The first-order chi connectivity index (χ1) is 14.3. The zero-order chi connectivity index (χ0) is 21.5. The van der Waals surface area contributed by atoms with Gasteiger partial charge in [0.2, 0.25) is 10.9 Å². The molecule has 0 atom stereocenters. The van der Waals surface area contributed by atoms with E-state index in [9.17, 15) is 13.2 Å². The first-order valence-corrected chi connectivity index (χ1v) is 11.8. The molecule has 1 aliphatic heterocycles. The summed E-state index contributed by atoms with van der Waals surface area (Å²) in [6.07, 6.45) is 1.55.